The van der Waals surface area contributed by atoms with Gasteiger partial charge in [-0.3, -0.25) is 4.79 Å². The predicted molar refractivity (Wildman–Crippen MR) is 64.6 cm³/mol. The lowest BCUT2D eigenvalue weighted by molar-refractivity contribution is 0.354. The van der Waals surface area contributed by atoms with Crippen LogP contribution in [-0.4, -0.2) is 19.0 Å². The fraction of sp³-hybridized carbons (Fsp3) is 0.308. The Balaban J connectivity index is 2.66. The molecule has 0 N–H and O–H groups in total. The number of aryl methyl sites for hydroxylation is 1. The number of para-hydroxylation sites is 1. The number of nitrogens with zero attached hydrogens (tertiary/aromatic N) is 1. The van der Waals surface area contributed by atoms with E-state index in [2.05, 4.69) is 0 Å². The van der Waals surface area contributed by atoms with Crippen molar-refractivity contribution in [1.29, 1.82) is 0 Å². The van der Waals surface area contributed by atoms with E-state index in [-0.39, 0.29) is 5.43 Å². The number of hydrogen-bond donors (Lipinski definition) is 0. The van der Waals surface area contributed by atoms with Gasteiger partial charge in [0.15, 0.2) is 5.43 Å². The van der Waals surface area contributed by atoms with Crippen LogP contribution in [0.5, 0.6) is 0 Å². The summed E-state index contributed by atoms with van der Waals surface area (Å²) in [4.78, 5) is 13.8. The standard InChI is InChI=1S/C13H15NO2/c1-9-5-4-6-11-12(15)7-10(8-14(2)3)16-13(9)11/h4-7H,8H2,1-3H3. The molecule has 1 heterocycles. The zero-order valence-corrected chi connectivity index (χ0v) is 9.78. The van der Waals surface area contributed by atoms with Crippen LogP contribution in [0.4, 0.5) is 0 Å². The molecule has 16 heavy (non-hydrogen) atoms. The topological polar surface area (TPSA) is 33.5 Å². The summed E-state index contributed by atoms with van der Waals surface area (Å²) in [6.07, 6.45) is 0. The smallest absolute Gasteiger partial charge is 0.193 e. The van der Waals surface area contributed by atoms with Gasteiger partial charge in [0.1, 0.15) is 11.3 Å². The van der Waals surface area contributed by atoms with Crippen molar-refractivity contribution in [1.82, 2.24) is 4.90 Å². The summed E-state index contributed by atoms with van der Waals surface area (Å²) in [5, 5.41) is 0.655. The normalized spacial score (nSPS) is 11.2. The molecule has 2 aromatic rings. The molecule has 0 fully saturated rings. The fourth-order valence-electron chi connectivity index (χ4n) is 1.76. The van der Waals surface area contributed by atoms with Crippen LogP contribution in [0, 0.1) is 6.92 Å². The molecule has 0 radical (unpaired) electrons. The highest BCUT2D eigenvalue weighted by atomic mass is 16.3. The van der Waals surface area contributed by atoms with Gasteiger partial charge in [0.2, 0.25) is 0 Å². The monoisotopic (exact) mass is 217 g/mol. The summed E-state index contributed by atoms with van der Waals surface area (Å²) in [6.45, 7) is 2.59. The highest BCUT2D eigenvalue weighted by Gasteiger charge is 2.06. The fourth-order valence-corrected chi connectivity index (χ4v) is 1.76. The maximum absolute atomic E-state index is 11.9. The summed E-state index contributed by atoms with van der Waals surface area (Å²) in [6, 6.07) is 7.19. The van der Waals surface area contributed by atoms with Crippen molar-refractivity contribution < 1.29 is 4.42 Å². The largest absolute Gasteiger partial charge is 0.459 e. The molecule has 0 spiro atoms. The second-order valence-corrected chi connectivity index (χ2v) is 4.27. The first kappa shape index (κ1) is 10.9. The average Bonchev–Trinajstić information content (AvgIpc) is 2.19. The van der Waals surface area contributed by atoms with Crippen molar-refractivity contribution in [3.8, 4) is 0 Å². The molecule has 0 atom stereocenters. The summed E-state index contributed by atoms with van der Waals surface area (Å²) in [7, 11) is 3.89. The van der Waals surface area contributed by atoms with Crippen molar-refractivity contribution >= 4 is 11.0 Å². The van der Waals surface area contributed by atoms with E-state index in [0.717, 1.165) is 5.56 Å². The van der Waals surface area contributed by atoms with Crippen molar-refractivity contribution in [3.05, 3.63) is 45.8 Å². The molecule has 0 aliphatic rings. The van der Waals surface area contributed by atoms with Gasteiger partial charge in [0.25, 0.3) is 0 Å². The van der Waals surface area contributed by atoms with Crippen LogP contribution < -0.4 is 5.43 Å². The van der Waals surface area contributed by atoms with E-state index >= 15 is 0 Å². The Hall–Kier alpha value is -1.61. The van der Waals surface area contributed by atoms with E-state index in [1.807, 2.05) is 38.1 Å². The molecule has 3 heteroatoms. The third-order valence-corrected chi connectivity index (χ3v) is 2.47. The van der Waals surface area contributed by atoms with Crippen molar-refractivity contribution in [2.75, 3.05) is 14.1 Å². The minimum atomic E-state index is 0.0294. The minimum absolute atomic E-state index is 0.0294. The zero-order chi connectivity index (χ0) is 11.7. The van der Waals surface area contributed by atoms with Gasteiger partial charge in [-0.05, 0) is 32.6 Å². The molecule has 1 aromatic carbocycles. The summed E-state index contributed by atoms with van der Waals surface area (Å²) in [5.74, 6) is 0.705. The molecule has 84 valence electrons. The number of fused-ring (bicyclic) bond motifs is 1. The van der Waals surface area contributed by atoms with E-state index in [9.17, 15) is 4.79 Å². The highest BCUT2D eigenvalue weighted by Crippen LogP contribution is 2.16. The Morgan fingerprint density at radius 1 is 1.31 bits per heavy atom. The minimum Gasteiger partial charge on any atom is -0.459 e. The molecule has 1 aromatic heterocycles. The lowest BCUT2D eigenvalue weighted by Gasteiger charge is -2.09. The van der Waals surface area contributed by atoms with Crippen molar-refractivity contribution in [3.63, 3.8) is 0 Å². The third-order valence-electron chi connectivity index (χ3n) is 2.47. The van der Waals surface area contributed by atoms with E-state index in [4.69, 9.17) is 4.42 Å². The number of rotatable bonds is 2. The number of hydrogen-bond acceptors (Lipinski definition) is 3. The maximum atomic E-state index is 11.9. The maximum Gasteiger partial charge on any atom is 0.193 e. The van der Waals surface area contributed by atoms with E-state index in [1.165, 1.54) is 0 Å². The molecule has 0 amide bonds. The number of benzene rings is 1. The van der Waals surface area contributed by atoms with Gasteiger partial charge in [0, 0.05) is 6.07 Å². The van der Waals surface area contributed by atoms with E-state index in [1.54, 1.807) is 12.1 Å². The highest BCUT2D eigenvalue weighted by molar-refractivity contribution is 5.79. The molecule has 0 unspecified atom stereocenters. The van der Waals surface area contributed by atoms with Gasteiger partial charge in [-0.1, -0.05) is 12.1 Å². The predicted octanol–water partition coefficient (Wildman–Crippen LogP) is 2.16. The molecular weight excluding hydrogens is 202 g/mol. The molecule has 0 aliphatic carbocycles. The van der Waals surface area contributed by atoms with Crippen LogP contribution in [0.25, 0.3) is 11.0 Å². The summed E-state index contributed by atoms with van der Waals surface area (Å²) < 4.78 is 5.74. The molecule has 0 bridgehead atoms. The first-order valence-electron chi connectivity index (χ1n) is 5.25. The SMILES string of the molecule is Cc1cccc2c(=O)cc(CN(C)C)oc12. The Labute approximate surface area is 94.3 Å². The van der Waals surface area contributed by atoms with Crippen LogP contribution in [-0.2, 0) is 6.54 Å². The lowest BCUT2D eigenvalue weighted by Crippen LogP contribution is -2.13. The van der Waals surface area contributed by atoms with Gasteiger partial charge >= 0.3 is 0 Å². The Morgan fingerprint density at radius 3 is 2.75 bits per heavy atom. The average molecular weight is 217 g/mol. The third kappa shape index (κ3) is 1.99. The Kier molecular flexibility index (Phi) is 2.79. The molecule has 3 nitrogen and oxygen atoms in total. The van der Waals surface area contributed by atoms with Crippen LogP contribution in [0.1, 0.15) is 11.3 Å². The Morgan fingerprint density at radius 2 is 2.06 bits per heavy atom. The second-order valence-electron chi connectivity index (χ2n) is 4.27. The van der Waals surface area contributed by atoms with Crippen LogP contribution in [0.2, 0.25) is 0 Å². The molecule has 2 rings (SSSR count). The van der Waals surface area contributed by atoms with Gasteiger partial charge < -0.3 is 9.32 Å². The molecule has 0 saturated carbocycles. The first-order valence-corrected chi connectivity index (χ1v) is 5.25. The molecule has 0 aliphatic heterocycles. The quantitative estimate of drug-likeness (QED) is 0.773. The van der Waals surface area contributed by atoms with E-state index < -0.39 is 0 Å². The van der Waals surface area contributed by atoms with Gasteiger partial charge in [-0.15, -0.1) is 0 Å². The summed E-state index contributed by atoms with van der Waals surface area (Å²) >= 11 is 0. The van der Waals surface area contributed by atoms with Gasteiger partial charge in [-0.25, -0.2) is 0 Å². The first-order chi connectivity index (χ1) is 7.58. The van der Waals surface area contributed by atoms with Crippen LogP contribution in [0.15, 0.2) is 33.5 Å². The van der Waals surface area contributed by atoms with Crippen LogP contribution >= 0.6 is 0 Å². The van der Waals surface area contributed by atoms with Crippen molar-refractivity contribution in [2.45, 2.75) is 13.5 Å². The van der Waals surface area contributed by atoms with Crippen LogP contribution in [0.3, 0.4) is 0 Å². The van der Waals surface area contributed by atoms with Gasteiger partial charge in [-0.2, -0.15) is 0 Å². The second kappa shape index (κ2) is 4.10. The molecular formula is C13H15NO2. The summed E-state index contributed by atoms with van der Waals surface area (Å²) in [5.41, 5.74) is 1.73. The zero-order valence-electron chi connectivity index (χ0n) is 9.78. The van der Waals surface area contributed by atoms with Gasteiger partial charge in [0.05, 0.1) is 11.9 Å². The van der Waals surface area contributed by atoms with E-state index in [0.29, 0.717) is 23.3 Å². The van der Waals surface area contributed by atoms with Crippen molar-refractivity contribution in [2.24, 2.45) is 0 Å². The lowest BCUT2D eigenvalue weighted by atomic mass is 10.1. The molecule has 0 saturated heterocycles. The Bertz CT molecular complexity index is 570.